The van der Waals surface area contributed by atoms with Gasteiger partial charge in [-0.1, -0.05) is 24.6 Å². The SMILES string of the molecule is CCNC(=NCCc1coc(-c2ccc(C)cc2)n1)NC(C)CC. The average Bonchev–Trinajstić information content (AvgIpc) is 3.04. The van der Waals surface area contributed by atoms with E-state index >= 15 is 0 Å². The topological polar surface area (TPSA) is 62.5 Å². The fraction of sp³-hybridized carbons (Fsp3) is 0.474. The summed E-state index contributed by atoms with van der Waals surface area (Å²) in [5.74, 6) is 1.52. The molecule has 2 aromatic rings. The Bertz CT molecular complexity index is 646. The number of nitrogens with one attached hydrogen (secondary N) is 2. The van der Waals surface area contributed by atoms with Crippen molar-refractivity contribution in [2.45, 2.75) is 46.6 Å². The third-order valence-corrected chi connectivity index (χ3v) is 3.83. The van der Waals surface area contributed by atoms with Crippen molar-refractivity contribution in [2.75, 3.05) is 13.1 Å². The Morgan fingerprint density at radius 1 is 1.25 bits per heavy atom. The van der Waals surface area contributed by atoms with E-state index in [1.54, 1.807) is 6.26 Å². The van der Waals surface area contributed by atoms with Crippen LogP contribution >= 0.6 is 0 Å². The summed E-state index contributed by atoms with van der Waals surface area (Å²) in [6.45, 7) is 9.97. The maximum absolute atomic E-state index is 5.59. The van der Waals surface area contributed by atoms with Gasteiger partial charge >= 0.3 is 0 Å². The van der Waals surface area contributed by atoms with Gasteiger partial charge in [0.15, 0.2) is 5.96 Å². The van der Waals surface area contributed by atoms with Crippen LogP contribution in [0.1, 0.15) is 38.4 Å². The van der Waals surface area contributed by atoms with Crippen LogP contribution in [0.5, 0.6) is 0 Å². The molecule has 0 saturated heterocycles. The summed E-state index contributed by atoms with van der Waals surface area (Å²) in [4.78, 5) is 9.16. The van der Waals surface area contributed by atoms with Crippen LogP contribution in [-0.2, 0) is 6.42 Å². The lowest BCUT2D eigenvalue weighted by Gasteiger charge is -2.15. The number of aryl methyl sites for hydroxylation is 1. The third-order valence-electron chi connectivity index (χ3n) is 3.83. The molecular formula is C19H28N4O. The first-order valence-electron chi connectivity index (χ1n) is 8.68. The number of aliphatic imine (C=N–C) groups is 1. The Labute approximate surface area is 144 Å². The Morgan fingerprint density at radius 2 is 2.00 bits per heavy atom. The van der Waals surface area contributed by atoms with Crippen LogP contribution in [0.15, 0.2) is 39.9 Å². The average molecular weight is 328 g/mol. The van der Waals surface area contributed by atoms with E-state index in [4.69, 9.17) is 4.42 Å². The second-order valence-corrected chi connectivity index (χ2v) is 5.97. The molecule has 1 aromatic carbocycles. The largest absolute Gasteiger partial charge is 0.444 e. The molecule has 1 heterocycles. The molecule has 2 N–H and O–H groups in total. The van der Waals surface area contributed by atoms with Gasteiger partial charge in [-0.25, -0.2) is 4.98 Å². The molecule has 1 unspecified atom stereocenters. The van der Waals surface area contributed by atoms with Gasteiger partial charge in [0.2, 0.25) is 5.89 Å². The molecule has 5 nitrogen and oxygen atoms in total. The van der Waals surface area contributed by atoms with E-state index in [0.29, 0.717) is 18.5 Å². The van der Waals surface area contributed by atoms with E-state index in [9.17, 15) is 0 Å². The normalized spacial score (nSPS) is 12.9. The van der Waals surface area contributed by atoms with Crippen LogP contribution < -0.4 is 10.6 Å². The van der Waals surface area contributed by atoms with E-state index in [1.165, 1.54) is 5.56 Å². The van der Waals surface area contributed by atoms with Crippen molar-refractivity contribution in [1.82, 2.24) is 15.6 Å². The minimum atomic E-state index is 0.406. The van der Waals surface area contributed by atoms with Gasteiger partial charge in [-0.05, 0) is 39.3 Å². The molecule has 130 valence electrons. The monoisotopic (exact) mass is 328 g/mol. The van der Waals surface area contributed by atoms with Crippen molar-refractivity contribution < 1.29 is 4.42 Å². The lowest BCUT2D eigenvalue weighted by molar-refractivity contribution is 0.572. The maximum atomic E-state index is 5.59. The van der Waals surface area contributed by atoms with Crippen molar-refractivity contribution in [1.29, 1.82) is 0 Å². The number of oxazole rings is 1. The Hall–Kier alpha value is -2.30. The summed E-state index contributed by atoms with van der Waals surface area (Å²) in [5.41, 5.74) is 3.15. The van der Waals surface area contributed by atoms with Crippen LogP contribution in [0.2, 0.25) is 0 Å². The highest BCUT2D eigenvalue weighted by Crippen LogP contribution is 2.19. The van der Waals surface area contributed by atoms with Crippen molar-refractivity contribution in [3.8, 4) is 11.5 Å². The molecule has 1 atom stereocenters. The number of hydrogen-bond donors (Lipinski definition) is 2. The lowest BCUT2D eigenvalue weighted by Crippen LogP contribution is -2.42. The maximum Gasteiger partial charge on any atom is 0.226 e. The predicted molar refractivity (Wildman–Crippen MR) is 99.2 cm³/mol. The summed E-state index contributed by atoms with van der Waals surface area (Å²) in [7, 11) is 0. The molecule has 0 aliphatic heterocycles. The minimum absolute atomic E-state index is 0.406. The zero-order chi connectivity index (χ0) is 17.4. The Kier molecular flexibility index (Phi) is 6.85. The number of hydrogen-bond acceptors (Lipinski definition) is 3. The van der Waals surface area contributed by atoms with Gasteiger partial charge in [0.1, 0.15) is 6.26 Å². The molecule has 0 fully saturated rings. The van der Waals surface area contributed by atoms with Gasteiger partial charge < -0.3 is 15.1 Å². The molecule has 1 aromatic heterocycles. The molecule has 0 aliphatic rings. The van der Waals surface area contributed by atoms with Gasteiger partial charge in [-0.2, -0.15) is 0 Å². The van der Waals surface area contributed by atoms with E-state index in [0.717, 1.165) is 36.6 Å². The van der Waals surface area contributed by atoms with E-state index < -0.39 is 0 Å². The molecule has 0 amide bonds. The fourth-order valence-corrected chi connectivity index (χ4v) is 2.19. The molecular weight excluding hydrogens is 300 g/mol. The molecule has 0 bridgehead atoms. The summed E-state index contributed by atoms with van der Waals surface area (Å²) in [6.07, 6.45) is 3.54. The molecule has 0 saturated carbocycles. The van der Waals surface area contributed by atoms with Gasteiger partial charge in [0.25, 0.3) is 0 Å². The van der Waals surface area contributed by atoms with Gasteiger partial charge in [-0.15, -0.1) is 0 Å². The van der Waals surface area contributed by atoms with E-state index in [1.807, 2.05) is 12.1 Å². The van der Waals surface area contributed by atoms with Crippen LogP contribution in [-0.4, -0.2) is 30.1 Å². The highest BCUT2D eigenvalue weighted by molar-refractivity contribution is 5.80. The van der Waals surface area contributed by atoms with Gasteiger partial charge in [0, 0.05) is 31.1 Å². The summed E-state index contributed by atoms with van der Waals surface area (Å²) in [6, 6.07) is 8.59. The van der Waals surface area contributed by atoms with E-state index in [-0.39, 0.29) is 0 Å². The number of nitrogens with zero attached hydrogens (tertiary/aromatic N) is 2. The molecule has 0 radical (unpaired) electrons. The van der Waals surface area contributed by atoms with Crippen molar-refractivity contribution in [3.05, 3.63) is 41.8 Å². The second-order valence-electron chi connectivity index (χ2n) is 5.97. The highest BCUT2D eigenvalue weighted by Gasteiger charge is 2.07. The Balaban J connectivity index is 1.94. The summed E-state index contributed by atoms with van der Waals surface area (Å²) >= 11 is 0. The van der Waals surface area contributed by atoms with Gasteiger partial charge in [-0.3, -0.25) is 4.99 Å². The zero-order valence-corrected chi connectivity index (χ0v) is 15.1. The molecule has 2 rings (SSSR count). The highest BCUT2D eigenvalue weighted by atomic mass is 16.3. The van der Waals surface area contributed by atoms with Crippen molar-refractivity contribution in [3.63, 3.8) is 0 Å². The number of benzene rings is 1. The molecule has 0 spiro atoms. The number of guanidine groups is 1. The molecule has 0 aliphatic carbocycles. The first-order chi connectivity index (χ1) is 11.6. The molecule has 24 heavy (non-hydrogen) atoms. The zero-order valence-electron chi connectivity index (χ0n) is 15.1. The second kappa shape index (κ2) is 9.11. The smallest absolute Gasteiger partial charge is 0.226 e. The van der Waals surface area contributed by atoms with Crippen molar-refractivity contribution in [2.24, 2.45) is 4.99 Å². The number of aromatic nitrogens is 1. The third kappa shape index (κ3) is 5.41. The predicted octanol–water partition coefficient (Wildman–Crippen LogP) is 3.55. The minimum Gasteiger partial charge on any atom is -0.444 e. The standard InChI is InChI=1S/C19H28N4O/c1-5-15(4)22-19(20-6-2)21-12-11-17-13-24-18(23-17)16-9-7-14(3)8-10-16/h7-10,13,15H,5-6,11-12H2,1-4H3,(H2,20,21,22). The first kappa shape index (κ1) is 18.0. The number of rotatable bonds is 7. The van der Waals surface area contributed by atoms with Crippen LogP contribution in [0, 0.1) is 6.92 Å². The summed E-state index contributed by atoms with van der Waals surface area (Å²) in [5, 5.41) is 6.65. The fourth-order valence-electron chi connectivity index (χ4n) is 2.19. The quantitative estimate of drug-likeness (QED) is 0.603. The molecule has 5 heteroatoms. The summed E-state index contributed by atoms with van der Waals surface area (Å²) < 4.78 is 5.59. The first-order valence-corrected chi connectivity index (χ1v) is 8.68. The van der Waals surface area contributed by atoms with E-state index in [2.05, 4.69) is 60.4 Å². The van der Waals surface area contributed by atoms with Crippen LogP contribution in [0.25, 0.3) is 11.5 Å². The van der Waals surface area contributed by atoms with Crippen LogP contribution in [0.3, 0.4) is 0 Å². The Morgan fingerprint density at radius 3 is 2.67 bits per heavy atom. The van der Waals surface area contributed by atoms with Crippen LogP contribution in [0.4, 0.5) is 0 Å². The van der Waals surface area contributed by atoms with Gasteiger partial charge in [0.05, 0.1) is 5.69 Å². The lowest BCUT2D eigenvalue weighted by atomic mass is 10.1. The van der Waals surface area contributed by atoms with Crippen molar-refractivity contribution >= 4 is 5.96 Å².